The zero-order valence-electron chi connectivity index (χ0n) is 8.86. The van der Waals surface area contributed by atoms with Crippen molar-refractivity contribution in [1.82, 2.24) is 15.4 Å². The molecule has 0 radical (unpaired) electrons. The van der Waals surface area contributed by atoms with Crippen molar-refractivity contribution in [3.63, 3.8) is 0 Å². The lowest BCUT2D eigenvalue weighted by Gasteiger charge is -2.36. The lowest BCUT2D eigenvalue weighted by Crippen LogP contribution is -2.58. The Balaban J connectivity index is 2.76. The van der Waals surface area contributed by atoms with Gasteiger partial charge in [-0.25, -0.2) is 10.6 Å². The van der Waals surface area contributed by atoms with Crippen LogP contribution in [-0.2, 0) is 19.5 Å². The van der Waals surface area contributed by atoms with Gasteiger partial charge >= 0.3 is 16.4 Å². The van der Waals surface area contributed by atoms with E-state index in [0.717, 1.165) is 4.90 Å². The monoisotopic (exact) mass is 268 g/mol. The number of hydrogen-bond donors (Lipinski definition) is 3. The average molecular weight is 268 g/mol. The van der Waals surface area contributed by atoms with E-state index < -0.39 is 28.4 Å². The topological polar surface area (TPSA) is 142 Å². The Morgan fingerprint density at radius 2 is 2.24 bits per heavy atom. The number of amides is 3. The molecule has 0 aromatic heterocycles. The highest BCUT2D eigenvalue weighted by atomic mass is 32.3. The van der Waals surface area contributed by atoms with Crippen LogP contribution < -0.4 is 11.3 Å². The average Bonchev–Trinajstić information content (AvgIpc) is 2.22. The predicted octanol–water partition coefficient (Wildman–Crippen LogP) is -2.16. The van der Waals surface area contributed by atoms with Crippen molar-refractivity contribution < 1.29 is 26.8 Å². The number of carbonyl (C=O) groups is 2. The minimum Gasteiger partial charge on any atom is -0.314 e. The summed E-state index contributed by atoms with van der Waals surface area (Å²) in [5.41, 5.74) is 1.89. The number of urea groups is 1. The van der Waals surface area contributed by atoms with E-state index in [1.54, 1.807) is 0 Å². The van der Waals surface area contributed by atoms with Crippen molar-refractivity contribution >= 4 is 22.3 Å². The van der Waals surface area contributed by atoms with E-state index in [-0.39, 0.29) is 13.0 Å². The molecule has 1 unspecified atom stereocenters. The number of hydroxylamine groups is 2. The molecule has 1 heterocycles. The minimum absolute atomic E-state index is 0.112. The molecule has 17 heavy (non-hydrogen) atoms. The van der Waals surface area contributed by atoms with Crippen molar-refractivity contribution in [3.05, 3.63) is 0 Å². The SMILES string of the molecule is CN1C(=O)N(OS(=O)(=O)O)CCC1C(=O)NN. The summed E-state index contributed by atoms with van der Waals surface area (Å²) < 4.78 is 33.4. The van der Waals surface area contributed by atoms with Crippen molar-refractivity contribution in [3.8, 4) is 0 Å². The van der Waals surface area contributed by atoms with Gasteiger partial charge in [0.05, 0.1) is 6.54 Å². The molecule has 1 fully saturated rings. The molecule has 0 spiro atoms. The van der Waals surface area contributed by atoms with E-state index in [1.807, 2.05) is 5.43 Å². The molecule has 0 bridgehead atoms. The third-order valence-electron chi connectivity index (χ3n) is 2.22. The Morgan fingerprint density at radius 3 is 2.71 bits per heavy atom. The Kier molecular flexibility index (Phi) is 3.87. The number of rotatable bonds is 3. The lowest BCUT2D eigenvalue weighted by atomic mass is 10.1. The summed E-state index contributed by atoms with van der Waals surface area (Å²) in [5.74, 6) is 4.35. The van der Waals surface area contributed by atoms with Crippen LogP contribution in [-0.4, -0.2) is 54.5 Å². The van der Waals surface area contributed by atoms with Gasteiger partial charge in [-0.3, -0.25) is 14.8 Å². The standard InChI is InChI=1S/C6H12N4O6S/c1-9-4(5(11)8-7)2-3-10(6(9)12)16-17(13,14)15/h4H,2-3,7H2,1H3,(H,8,11)(H,13,14,15). The summed E-state index contributed by atoms with van der Waals surface area (Å²) >= 11 is 0. The smallest absolute Gasteiger partial charge is 0.314 e. The third kappa shape index (κ3) is 3.26. The maximum atomic E-state index is 11.6. The van der Waals surface area contributed by atoms with Crippen LogP contribution in [0.3, 0.4) is 0 Å². The van der Waals surface area contributed by atoms with Crippen LogP contribution >= 0.6 is 0 Å². The summed E-state index contributed by atoms with van der Waals surface area (Å²) in [6.07, 6.45) is 0.112. The van der Waals surface area contributed by atoms with Crippen LogP contribution in [0, 0.1) is 0 Å². The number of nitrogens with two attached hydrogens (primary N) is 1. The van der Waals surface area contributed by atoms with Crippen LogP contribution in [0.25, 0.3) is 0 Å². The van der Waals surface area contributed by atoms with E-state index >= 15 is 0 Å². The molecule has 1 atom stereocenters. The second kappa shape index (κ2) is 4.83. The highest BCUT2D eigenvalue weighted by Crippen LogP contribution is 2.15. The Labute approximate surface area is 97.2 Å². The van der Waals surface area contributed by atoms with Gasteiger partial charge in [0.15, 0.2) is 0 Å². The van der Waals surface area contributed by atoms with Crippen molar-refractivity contribution in [2.24, 2.45) is 5.84 Å². The fourth-order valence-electron chi connectivity index (χ4n) is 1.42. The molecule has 0 saturated carbocycles. The molecule has 4 N–H and O–H groups in total. The van der Waals surface area contributed by atoms with Gasteiger partial charge in [-0.05, 0) is 6.42 Å². The van der Waals surface area contributed by atoms with Gasteiger partial charge in [0.25, 0.3) is 5.91 Å². The highest BCUT2D eigenvalue weighted by molar-refractivity contribution is 7.80. The summed E-state index contributed by atoms with van der Waals surface area (Å²) in [6, 6.07) is -1.68. The second-order valence-corrected chi connectivity index (χ2v) is 4.32. The Hall–Kier alpha value is -1.43. The number of likely N-dealkylation sites (N-methyl/N-ethyl adjacent to an activating group) is 1. The first kappa shape index (κ1) is 13.6. The maximum absolute atomic E-state index is 11.6. The van der Waals surface area contributed by atoms with E-state index in [1.165, 1.54) is 7.05 Å². The van der Waals surface area contributed by atoms with Crippen molar-refractivity contribution in [1.29, 1.82) is 0 Å². The van der Waals surface area contributed by atoms with Gasteiger partial charge in [0.1, 0.15) is 6.04 Å². The van der Waals surface area contributed by atoms with Crippen molar-refractivity contribution in [2.75, 3.05) is 13.6 Å². The van der Waals surface area contributed by atoms with E-state index in [2.05, 4.69) is 4.28 Å². The molecule has 1 saturated heterocycles. The van der Waals surface area contributed by atoms with Crippen LogP contribution in [0.2, 0.25) is 0 Å². The summed E-state index contributed by atoms with van der Waals surface area (Å²) in [6.45, 7) is -0.166. The Morgan fingerprint density at radius 1 is 1.65 bits per heavy atom. The summed E-state index contributed by atoms with van der Waals surface area (Å²) in [7, 11) is -3.49. The molecule has 0 aliphatic carbocycles. The summed E-state index contributed by atoms with van der Waals surface area (Å²) in [4.78, 5) is 23.8. The number of nitrogens with one attached hydrogen (secondary N) is 1. The first-order valence-electron chi connectivity index (χ1n) is 4.48. The molecule has 3 amide bonds. The van der Waals surface area contributed by atoms with Gasteiger partial charge < -0.3 is 4.90 Å². The van der Waals surface area contributed by atoms with E-state index in [9.17, 15) is 18.0 Å². The van der Waals surface area contributed by atoms with Gasteiger partial charge in [-0.15, -0.1) is 4.28 Å². The molecule has 98 valence electrons. The van der Waals surface area contributed by atoms with Gasteiger partial charge in [-0.2, -0.15) is 13.5 Å². The van der Waals surface area contributed by atoms with E-state index in [4.69, 9.17) is 10.4 Å². The number of hydrogen-bond acceptors (Lipinski definition) is 6. The zero-order valence-corrected chi connectivity index (χ0v) is 9.68. The third-order valence-corrected chi connectivity index (χ3v) is 2.59. The second-order valence-electron chi connectivity index (χ2n) is 3.31. The molecule has 1 rings (SSSR count). The lowest BCUT2D eigenvalue weighted by molar-refractivity contribution is -0.129. The largest absolute Gasteiger partial charge is 0.418 e. The van der Waals surface area contributed by atoms with Crippen LogP contribution in [0.5, 0.6) is 0 Å². The summed E-state index contributed by atoms with van der Waals surface area (Å²) in [5, 5.41) is 0.440. The molecular weight excluding hydrogens is 256 g/mol. The van der Waals surface area contributed by atoms with Crippen LogP contribution in [0.15, 0.2) is 0 Å². The van der Waals surface area contributed by atoms with E-state index in [0.29, 0.717) is 5.06 Å². The maximum Gasteiger partial charge on any atom is 0.418 e. The molecular formula is C6H12N4O6S. The molecule has 10 nitrogen and oxygen atoms in total. The molecule has 11 heteroatoms. The van der Waals surface area contributed by atoms with Gasteiger partial charge in [0, 0.05) is 7.05 Å². The normalized spacial score (nSPS) is 21.6. The predicted molar refractivity (Wildman–Crippen MR) is 53.2 cm³/mol. The number of hydrazine groups is 1. The molecule has 0 aromatic carbocycles. The van der Waals surface area contributed by atoms with Crippen LogP contribution in [0.1, 0.15) is 6.42 Å². The number of nitrogens with zero attached hydrogens (tertiary/aromatic N) is 2. The molecule has 1 aliphatic rings. The van der Waals surface area contributed by atoms with Gasteiger partial charge in [-0.1, -0.05) is 0 Å². The Bertz CT molecular complexity index is 422. The molecule has 0 aromatic rings. The van der Waals surface area contributed by atoms with Crippen molar-refractivity contribution in [2.45, 2.75) is 12.5 Å². The molecule has 1 aliphatic heterocycles. The number of carbonyl (C=O) groups excluding carboxylic acids is 2. The highest BCUT2D eigenvalue weighted by Gasteiger charge is 2.37. The zero-order chi connectivity index (χ0) is 13.2. The fourth-order valence-corrected chi connectivity index (χ4v) is 1.79. The van der Waals surface area contributed by atoms with Gasteiger partial charge in [0.2, 0.25) is 0 Å². The first-order chi connectivity index (χ1) is 7.76. The minimum atomic E-state index is -4.77. The quantitative estimate of drug-likeness (QED) is 0.229. The first-order valence-corrected chi connectivity index (χ1v) is 5.84. The fraction of sp³-hybridized carbons (Fsp3) is 0.667. The van der Waals surface area contributed by atoms with Crippen LogP contribution in [0.4, 0.5) is 4.79 Å².